The molecule has 26 heavy (non-hydrogen) atoms. The van der Waals surface area contributed by atoms with Crippen molar-refractivity contribution in [1.82, 2.24) is 0 Å². The molecule has 7 heteroatoms. The second kappa shape index (κ2) is 7.37. The lowest BCUT2D eigenvalue weighted by atomic mass is 10.1. The summed E-state index contributed by atoms with van der Waals surface area (Å²) in [6, 6.07) is 15.7. The number of carbonyl (C=O) groups is 1. The van der Waals surface area contributed by atoms with Crippen LogP contribution in [0.4, 0.5) is 18.9 Å². The lowest BCUT2D eigenvalue weighted by Gasteiger charge is -2.12. The van der Waals surface area contributed by atoms with E-state index in [0.29, 0.717) is 10.2 Å². The van der Waals surface area contributed by atoms with Crippen LogP contribution in [-0.2, 0) is 11.0 Å². The van der Waals surface area contributed by atoms with Crippen LogP contribution in [0.1, 0.15) is 5.56 Å². The van der Waals surface area contributed by atoms with E-state index in [2.05, 4.69) is 21.2 Å². The van der Waals surface area contributed by atoms with E-state index in [1.165, 1.54) is 12.1 Å². The van der Waals surface area contributed by atoms with E-state index in [1.54, 1.807) is 6.07 Å². The van der Waals surface area contributed by atoms with Crippen molar-refractivity contribution in [3.63, 3.8) is 0 Å². The van der Waals surface area contributed by atoms with Gasteiger partial charge in [-0.3, -0.25) is 4.79 Å². The highest BCUT2D eigenvalue weighted by atomic mass is 79.9. The molecule has 0 heterocycles. The Labute approximate surface area is 155 Å². The molecule has 1 amide bonds. The SMILES string of the molecule is O=C(COc1ccc2ccccc2c1Br)Nc1cccc(C(F)(F)F)c1. The fourth-order valence-corrected chi connectivity index (χ4v) is 3.05. The number of benzene rings is 3. The average Bonchev–Trinajstić information content (AvgIpc) is 2.61. The minimum absolute atomic E-state index is 0.0611. The average molecular weight is 424 g/mol. The normalized spacial score (nSPS) is 11.4. The maximum atomic E-state index is 12.7. The quantitative estimate of drug-likeness (QED) is 0.589. The summed E-state index contributed by atoms with van der Waals surface area (Å²) in [5, 5.41) is 4.35. The van der Waals surface area contributed by atoms with Gasteiger partial charge in [-0.2, -0.15) is 13.2 Å². The zero-order chi connectivity index (χ0) is 18.7. The third-order valence-electron chi connectivity index (χ3n) is 3.66. The molecule has 0 saturated heterocycles. The first kappa shape index (κ1) is 18.3. The minimum atomic E-state index is -4.47. The van der Waals surface area contributed by atoms with E-state index < -0.39 is 17.6 Å². The molecule has 1 N–H and O–H groups in total. The van der Waals surface area contributed by atoms with Crippen LogP contribution in [0, 0.1) is 0 Å². The number of carbonyl (C=O) groups excluding carboxylic acids is 1. The number of hydrogen-bond donors (Lipinski definition) is 1. The van der Waals surface area contributed by atoms with Crippen LogP contribution in [0.5, 0.6) is 5.75 Å². The van der Waals surface area contributed by atoms with E-state index in [0.717, 1.165) is 22.9 Å². The topological polar surface area (TPSA) is 38.3 Å². The molecule has 0 aliphatic heterocycles. The molecule has 3 rings (SSSR count). The maximum absolute atomic E-state index is 12.7. The number of amides is 1. The zero-order valence-electron chi connectivity index (χ0n) is 13.3. The lowest BCUT2D eigenvalue weighted by Crippen LogP contribution is -2.20. The Kier molecular flexibility index (Phi) is 5.18. The summed E-state index contributed by atoms with van der Waals surface area (Å²) in [6.07, 6.45) is -4.47. The van der Waals surface area contributed by atoms with Crippen LogP contribution in [0.15, 0.2) is 65.1 Å². The van der Waals surface area contributed by atoms with Crippen molar-refractivity contribution in [1.29, 1.82) is 0 Å². The predicted octanol–water partition coefficient (Wildman–Crippen LogP) is 5.64. The van der Waals surface area contributed by atoms with Crippen molar-refractivity contribution in [3.05, 3.63) is 70.7 Å². The molecule has 0 bridgehead atoms. The third-order valence-corrected chi connectivity index (χ3v) is 4.48. The van der Waals surface area contributed by atoms with E-state index >= 15 is 0 Å². The van der Waals surface area contributed by atoms with Gasteiger partial charge in [0.05, 0.1) is 10.0 Å². The summed E-state index contributed by atoms with van der Waals surface area (Å²) in [4.78, 5) is 12.0. The highest BCUT2D eigenvalue weighted by molar-refractivity contribution is 9.10. The number of halogens is 4. The Morgan fingerprint density at radius 2 is 1.81 bits per heavy atom. The molecular weight excluding hydrogens is 411 g/mol. The Morgan fingerprint density at radius 1 is 1.04 bits per heavy atom. The molecule has 3 nitrogen and oxygen atoms in total. The van der Waals surface area contributed by atoms with Crippen molar-refractivity contribution >= 4 is 38.3 Å². The summed E-state index contributed by atoms with van der Waals surface area (Å²) in [6.45, 7) is -0.326. The molecule has 0 aromatic heterocycles. The van der Waals surface area contributed by atoms with Gasteiger partial charge in [-0.05, 0) is 51.0 Å². The van der Waals surface area contributed by atoms with Crippen molar-refractivity contribution in [3.8, 4) is 5.75 Å². The Bertz CT molecular complexity index is 957. The lowest BCUT2D eigenvalue weighted by molar-refractivity contribution is -0.137. The van der Waals surface area contributed by atoms with Gasteiger partial charge in [0.2, 0.25) is 0 Å². The minimum Gasteiger partial charge on any atom is -0.483 e. The van der Waals surface area contributed by atoms with Crippen LogP contribution in [0.3, 0.4) is 0 Å². The Balaban J connectivity index is 1.67. The number of anilines is 1. The number of rotatable bonds is 4. The highest BCUT2D eigenvalue weighted by Crippen LogP contribution is 2.33. The first-order chi connectivity index (χ1) is 12.3. The fourth-order valence-electron chi connectivity index (χ4n) is 2.44. The largest absolute Gasteiger partial charge is 0.483 e. The second-order valence-corrected chi connectivity index (χ2v) is 6.31. The van der Waals surface area contributed by atoms with Crippen LogP contribution >= 0.6 is 15.9 Å². The second-order valence-electron chi connectivity index (χ2n) is 5.51. The molecule has 0 spiro atoms. The predicted molar refractivity (Wildman–Crippen MR) is 97.2 cm³/mol. The standard InChI is InChI=1S/C19H13BrF3NO2/c20-18-15-7-2-1-4-12(15)8-9-16(18)26-11-17(25)24-14-6-3-5-13(10-14)19(21,22)23/h1-10H,11H2,(H,24,25). The summed E-state index contributed by atoms with van der Waals surface area (Å²) < 4.78 is 44.3. The van der Waals surface area contributed by atoms with Crippen LogP contribution in [0.25, 0.3) is 10.8 Å². The smallest absolute Gasteiger partial charge is 0.416 e. The van der Waals surface area contributed by atoms with Crippen LogP contribution in [0.2, 0.25) is 0 Å². The van der Waals surface area contributed by atoms with Crippen molar-refractivity contribution in [2.45, 2.75) is 6.18 Å². The van der Waals surface area contributed by atoms with Gasteiger partial charge in [-0.25, -0.2) is 0 Å². The van der Waals surface area contributed by atoms with E-state index in [1.807, 2.05) is 30.3 Å². The van der Waals surface area contributed by atoms with Gasteiger partial charge >= 0.3 is 6.18 Å². The van der Waals surface area contributed by atoms with Crippen LogP contribution < -0.4 is 10.1 Å². The molecule has 0 aliphatic carbocycles. The van der Waals surface area contributed by atoms with Gasteiger partial charge in [0, 0.05) is 5.69 Å². The van der Waals surface area contributed by atoms with E-state index in [4.69, 9.17) is 4.74 Å². The van der Waals surface area contributed by atoms with Crippen molar-refractivity contribution < 1.29 is 22.7 Å². The molecule has 0 aliphatic rings. The molecule has 3 aromatic rings. The Hall–Kier alpha value is -2.54. The molecule has 0 radical (unpaired) electrons. The first-order valence-electron chi connectivity index (χ1n) is 7.62. The van der Waals surface area contributed by atoms with E-state index in [-0.39, 0.29) is 12.3 Å². The molecule has 0 fully saturated rings. The molecule has 0 atom stereocenters. The highest BCUT2D eigenvalue weighted by Gasteiger charge is 2.30. The monoisotopic (exact) mass is 423 g/mol. The van der Waals surface area contributed by atoms with Gasteiger partial charge < -0.3 is 10.1 Å². The van der Waals surface area contributed by atoms with Crippen molar-refractivity contribution in [2.24, 2.45) is 0 Å². The van der Waals surface area contributed by atoms with Gasteiger partial charge in [0.25, 0.3) is 5.91 Å². The van der Waals surface area contributed by atoms with Crippen LogP contribution in [-0.4, -0.2) is 12.5 Å². The fraction of sp³-hybridized carbons (Fsp3) is 0.105. The van der Waals surface area contributed by atoms with Gasteiger partial charge in [0.1, 0.15) is 5.75 Å². The van der Waals surface area contributed by atoms with Crippen molar-refractivity contribution in [2.75, 3.05) is 11.9 Å². The van der Waals surface area contributed by atoms with Gasteiger partial charge in [-0.1, -0.05) is 36.4 Å². The Morgan fingerprint density at radius 3 is 2.58 bits per heavy atom. The summed E-state index contributed by atoms with van der Waals surface area (Å²) in [5.74, 6) is -0.0766. The maximum Gasteiger partial charge on any atom is 0.416 e. The summed E-state index contributed by atoms with van der Waals surface area (Å²) in [7, 11) is 0. The van der Waals surface area contributed by atoms with Gasteiger partial charge in [0.15, 0.2) is 6.61 Å². The number of hydrogen-bond acceptors (Lipinski definition) is 2. The van der Waals surface area contributed by atoms with Gasteiger partial charge in [-0.15, -0.1) is 0 Å². The number of ether oxygens (including phenoxy) is 1. The number of alkyl halides is 3. The molecule has 134 valence electrons. The number of nitrogens with one attached hydrogen (secondary N) is 1. The first-order valence-corrected chi connectivity index (χ1v) is 8.41. The molecule has 0 saturated carbocycles. The third kappa shape index (κ3) is 4.16. The summed E-state index contributed by atoms with van der Waals surface area (Å²) in [5.41, 5.74) is -0.764. The summed E-state index contributed by atoms with van der Waals surface area (Å²) >= 11 is 3.45. The number of fused-ring (bicyclic) bond motifs is 1. The zero-order valence-corrected chi connectivity index (χ0v) is 14.9. The molecule has 3 aromatic carbocycles. The molecular formula is C19H13BrF3NO2. The van der Waals surface area contributed by atoms with E-state index in [9.17, 15) is 18.0 Å². The molecule has 0 unspecified atom stereocenters.